The number of hydrazone groups is 1. The molecule has 0 fully saturated rings. The zero-order chi connectivity index (χ0) is 26.2. The van der Waals surface area contributed by atoms with Gasteiger partial charge in [0.2, 0.25) is 0 Å². The highest BCUT2D eigenvalue weighted by molar-refractivity contribution is 7.89. The van der Waals surface area contributed by atoms with Crippen LogP contribution < -0.4 is 9.47 Å². The lowest BCUT2D eigenvalue weighted by Gasteiger charge is -2.24. The Morgan fingerprint density at radius 3 is 2.38 bits per heavy atom. The van der Waals surface area contributed by atoms with Crippen molar-refractivity contribution >= 4 is 38.2 Å². The molecule has 1 aromatic heterocycles. The summed E-state index contributed by atoms with van der Waals surface area (Å²) in [4.78, 5) is 4.74. The maximum Gasteiger partial charge on any atom is 0.279 e. The van der Waals surface area contributed by atoms with Crippen LogP contribution in [0.15, 0.2) is 82.8 Å². The lowest BCUT2D eigenvalue weighted by molar-refractivity contribution is 0.340. The summed E-state index contributed by atoms with van der Waals surface area (Å²) in [5.41, 5.74) is 3.65. The molecule has 7 nitrogen and oxygen atoms in total. The third-order valence-electron chi connectivity index (χ3n) is 6.30. The van der Waals surface area contributed by atoms with Gasteiger partial charge in [0.15, 0.2) is 0 Å². The van der Waals surface area contributed by atoms with Gasteiger partial charge in [-0.05, 0) is 74.0 Å². The van der Waals surface area contributed by atoms with Gasteiger partial charge in [-0.2, -0.15) is 17.9 Å². The van der Waals surface area contributed by atoms with Crippen molar-refractivity contribution in [3.05, 3.63) is 94.6 Å². The zero-order valence-corrected chi connectivity index (χ0v) is 22.3. The number of methoxy groups -OCH3 is 1. The van der Waals surface area contributed by atoms with Crippen LogP contribution in [-0.4, -0.2) is 37.2 Å². The molecule has 0 N–H and O–H groups in total. The molecule has 1 aliphatic heterocycles. The van der Waals surface area contributed by atoms with Crippen LogP contribution in [0.1, 0.15) is 36.1 Å². The minimum Gasteiger partial charge on any atom is -0.497 e. The predicted molar refractivity (Wildman–Crippen MR) is 145 cm³/mol. The van der Waals surface area contributed by atoms with Crippen LogP contribution in [0.5, 0.6) is 11.5 Å². The second-order valence-electron chi connectivity index (χ2n) is 8.74. The van der Waals surface area contributed by atoms with Gasteiger partial charge < -0.3 is 9.47 Å². The average Bonchev–Trinajstić information content (AvgIpc) is 3.35. The third kappa shape index (κ3) is 4.86. The van der Waals surface area contributed by atoms with Crippen LogP contribution in [-0.2, 0) is 10.0 Å². The molecule has 3 aromatic carbocycles. The molecule has 37 heavy (non-hydrogen) atoms. The summed E-state index contributed by atoms with van der Waals surface area (Å²) in [5.74, 6) is 1.40. The van der Waals surface area contributed by atoms with Crippen LogP contribution in [0.25, 0.3) is 10.9 Å². The SMILES string of the molecule is CCOc1ccc2cc([C@@H]3CC(c4ccc(OC)cc4)=NN3S(=O)(=O)c3ccc(C)cc3)c(Cl)nc2c1. The Labute approximate surface area is 221 Å². The maximum atomic E-state index is 13.8. The summed E-state index contributed by atoms with van der Waals surface area (Å²) in [5, 5.41) is 5.67. The molecule has 0 amide bonds. The smallest absolute Gasteiger partial charge is 0.279 e. The lowest BCUT2D eigenvalue weighted by Crippen LogP contribution is -2.27. The van der Waals surface area contributed by atoms with E-state index in [0.717, 1.165) is 16.5 Å². The fourth-order valence-electron chi connectivity index (χ4n) is 4.35. The first-order chi connectivity index (χ1) is 17.8. The molecular weight excluding hydrogens is 510 g/mol. The fraction of sp³-hybridized carbons (Fsp3) is 0.214. The number of pyridine rings is 1. The van der Waals surface area contributed by atoms with E-state index in [4.69, 9.17) is 21.1 Å². The predicted octanol–water partition coefficient (Wildman–Crippen LogP) is 6.14. The molecule has 0 aliphatic carbocycles. The van der Waals surface area contributed by atoms with E-state index in [1.807, 2.05) is 62.4 Å². The number of hydrogen-bond donors (Lipinski definition) is 0. The molecule has 0 saturated carbocycles. The Kier molecular flexibility index (Phi) is 6.79. The number of aromatic nitrogens is 1. The monoisotopic (exact) mass is 535 g/mol. The van der Waals surface area contributed by atoms with E-state index in [1.165, 1.54) is 4.41 Å². The van der Waals surface area contributed by atoms with Crippen LogP contribution >= 0.6 is 11.6 Å². The van der Waals surface area contributed by atoms with Crippen molar-refractivity contribution in [1.82, 2.24) is 9.40 Å². The molecule has 0 unspecified atom stereocenters. The molecule has 0 radical (unpaired) electrons. The first-order valence-corrected chi connectivity index (χ1v) is 13.7. The highest BCUT2D eigenvalue weighted by Gasteiger charge is 2.39. The Hall–Kier alpha value is -3.62. The summed E-state index contributed by atoms with van der Waals surface area (Å²) >= 11 is 6.69. The van der Waals surface area contributed by atoms with Crippen LogP contribution in [0, 0.1) is 6.92 Å². The lowest BCUT2D eigenvalue weighted by atomic mass is 9.99. The molecule has 1 atom stereocenters. The van der Waals surface area contributed by atoms with Gasteiger partial charge in [-0.1, -0.05) is 29.3 Å². The largest absolute Gasteiger partial charge is 0.497 e. The molecule has 1 aliphatic rings. The van der Waals surface area contributed by atoms with Crippen molar-refractivity contribution < 1.29 is 17.9 Å². The van der Waals surface area contributed by atoms with Gasteiger partial charge in [-0.15, -0.1) is 0 Å². The van der Waals surface area contributed by atoms with Gasteiger partial charge in [0, 0.05) is 23.4 Å². The highest BCUT2D eigenvalue weighted by Crippen LogP contribution is 2.40. The molecule has 2 heterocycles. The zero-order valence-electron chi connectivity index (χ0n) is 20.7. The van der Waals surface area contributed by atoms with Crippen molar-refractivity contribution in [3.8, 4) is 11.5 Å². The second-order valence-corrected chi connectivity index (χ2v) is 10.9. The Bertz CT molecular complexity index is 1590. The molecule has 5 rings (SSSR count). The number of sulfonamides is 1. The van der Waals surface area contributed by atoms with Crippen molar-refractivity contribution in [2.75, 3.05) is 13.7 Å². The number of benzene rings is 3. The number of aryl methyl sites for hydroxylation is 1. The molecule has 9 heteroatoms. The van der Waals surface area contributed by atoms with E-state index in [0.29, 0.717) is 41.3 Å². The number of ether oxygens (including phenoxy) is 2. The van der Waals surface area contributed by atoms with Crippen LogP contribution in [0.4, 0.5) is 0 Å². The number of fused-ring (bicyclic) bond motifs is 1. The molecule has 190 valence electrons. The quantitative estimate of drug-likeness (QED) is 0.265. The molecule has 4 aromatic rings. The maximum absolute atomic E-state index is 13.8. The van der Waals surface area contributed by atoms with Crippen LogP contribution in [0.3, 0.4) is 0 Å². The van der Waals surface area contributed by atoms with E-state index in [9.17, 15) is 8.42 Å². The number of halogens is 1. The number of nitrogens with zero attached hydrogens (tertiary/aromatic N) is 3. The minimum atomic E-state index is -3.98. The number of hydrogen-bond acceptors (Lipinski definition) is 6. The summed E-state index contributed by atoms with van der Waals surface area (Å²) in [6.07, 6.45) is 0.335. The summed E-state index contributed by atoms with van der Waals surface area (Å²) in [6.45, 7) is 4.36. The van der Waals surface area contributed by atoms with E-state index < -0.39 is 16.1 Å². The average molecular weight is 536 g/mol. The summed E-state index contributed by atoms with van der Waals surface area (Å²) in [6, 6.07) is 20.9. The summed E-state index contributed by atoms with van der Waals surface area (Å²) in [7, 11) is -2.38. The van der Waals surface area contributed by atoms with Crippen molar-refractivity contribution in [2.45, 2.75) is 31.2 Å². The van der Waals surface area contributed by atoms with Crippen LogP contribution in [0.2, 0.25) is 5.15 Å². The van der Waals surface area contributed by atoms with Gasteiger partial charge in [-0.25, -0.2) is 4.98 Å². The third-order valence-corrected chi connectivity index (χ3v) is 8.30. The second kappa shape index (κ2) is 10.0. The van der Waals surface area contributed by atoms with Gasteiger partial charge >= 0.3 is 0 Å². The minimum absolute atomic E-state index is 0.161. The van der Waals surface area contributed by atoms with E-state index in [2.05, 4.69) is 10.1 Å². The van der Waals surface area contributed by atoms with Crippen molar-refractivity contribution in [2.24, 2.45) is 5.10 Å². The van der Waals surface area contributed by atoms with Gasteiger partial charge in [-0.3, -0.25) is 0 Å². The Morgan fingerprint density at radius 2 is 1.70 bits per heavy atom. The normalized spacial score (nSPS) is 15.6. The van der Waals surface area contributed by atoms with Gasteiger partial charge in [0.1, 0.15) is 16.7 Å². The first-order valence-electron chi connectivity index (χ1n) is 11.9. The van der Waals surface area contributed by atoms with Crippen molar-refractivity contribution in [1.29, 1.82) is 0 Å². The van der Waals surface area contributed by atoms with Crippen molar-refractivity contribution in [3.63, 3.8) is 0 Å². The highest BCUT2D eigenvalue weighted by atomic mass is 35.5. The van der Waals surface area contributed by atoms with Gasteiger partial charge in [0.25, 0.3) is 10.0 Å². The van der Waals surface area contributed by atoms with E-state index in [-0.39, 0.29) is 10.0 Å². The van der Waals surface area contributed by atoms with Gasteiger partial charge in [0.05, 0.1) is 35.9 Å². The molecule has 0 spiro atoms. The fourth-order valence-corrected chi connectivity index (χ4v) is 6.04. The molecule has 0 saturated heterocycles. The first kappa shape index (κ1) is 25.0. The number of rotatable bonds is 7. The topological polar surface area (TPSA) is 81.1 Å². The standard InChI is InChI=1S/C28H26ClN3O4S/c1-4-36-22-12-9-20-15-24(28(29)30-25(20)16-22)27-17-26(19-7-10-21(35-3)11-8-19)31-32(27)37(33,34)23-13-5-18(2)6-14-23/h5-16,27H,4,17H2,1-3H3/t27-/m0/s1. The Balaban J connectivity index is 1.61. The van der Waals surface area contributed by atoms with E-state index >= 15 is 0 Å². The Morgan fingerprint density at radius 1 is 1.00 bits per heavy atom. The van der Waals surface area contributed by atoms with E-state index in [1.54, 1.807) is 31.4 Å². The molecule has 0 bridgehead atoms. The summed E-state index contributed by atoms with van der Waals surface area (Å²) < 4.78 is 39.7. The molecular formula is C28H26ClN3O4S.